The first-order chi connectivity index (χ1) is 11.1. The van der Waals surface area contributed by atoms with Crippen molar-refractivity contribution in [1.29, 1.82) is 0 Å². The molecule has 1 atom stereocenters. The predicted octanol–water partition coefficient (Wildman–Crippen LogP) is 1.89. The van der Waals surface area contributed by atoms with Gasteiger partial charge in [0.1, 0.15) is 5.65 Å². The molecule has 0 aliphatic carbocycles. The fourth-order valence-electron chi connectivity index (χ4n) is 2.37. The van der Waals surface area contributed by atoms with Gasteiger partial charge >= 0.3 is 0 Å². The zero-order valence-corrected chi connectivity index (χ0v) is 12.4. The fourth-order valence-corrected chi connectivity index (χ4v) is 2.37. The first-order valence-corrected chi connectivity index (χ1v) is 7.14. The van der Waals surface area contributed by atoms with E-state index < -0.39 is 17.3 Å². The van der Waals surface area contributed by atoms with Crippen molar-refractivity contribution in [3.63, 3.8) is 0 Å². The first-order valence-electron chi connectivity index (χ1n) is 7.14. The van der Waals surface area contributed by atoms with Crippen LogP contribution in [0.1, 0.15) is 28.9 Å². The van der Waals surface area contributed by atoms with E-state index in [9.17, 15) is 14.7 Å². The van der Waals surface area contributed by atoms with E-state index >= 15 is 0 Å². The molecule has 23 heavy (non-hydrogen) atoms. The van der Waals surface area contributed by atoms with E-state index in [1.807, 2.05) is 30.3 Å². The number of aromatic nitrogens is 2. The molecule has 0 saturated heterocycles. The van der Waals surface area contributed by atoms with Gasteiger partial charge in [0.15, 0.2) is 5.56 Å². The lowest BCUT2D eigenvalue weighted by Gasteiger charge is -2.15. The van der Waals surface area contributed by atoms with Crippen molar-refractivity contribution in [2.45, 2.75) is 13.0 Å². The average molecular weight is 309 g/mol. The number of carbonyl (C=O) groups is 1. The molecule has 0 aliphatic heterocycles. The van der Waals surface area contributed by atoms with E-state index in [4.69, 9.17) is 0 Å². The van der Waals surface area contributed by atoms with Crippen LogP contribution in [0.4, 0.5) is 0 Å². The lowest BCUT2D eigenvalue weighted by atomic mass is 10.1. The smallest absolute Gasteiger partial charge is 0.290 e. The molecule has 1 amide bonds. The summed E-state index contributed by atoms with van der Waals surface area (Å²) in [4.78, 5) is 28.3. The number of rotatable bonds is 3. The lowest BCUT2D eigenvalue weighted by Crippen LogP contribution is -2.32. The van der Waals surface area contributed by atoms with Crippen LogP contribution in [0, 0.1) is 0 Å². The van der Waals surface area contributed by atoms with Gasteiger partial charge in [-0.15, -0.1) is 0 Å². The molecule has 0 aliphatic rings. The summed E-state index contributed by atoms with van der Waals surface area (Å²) in [6.07, 6.45) is 1.54. The normalized spacial score (nSPS) is 12.0. The van der Waals surface area contributed by atoms with Gasteiger partial charge < -0.3 is 10.4 Å². The van der Waals surface area contributed by atoms with E-state index in [1.54, 1.807) is 25.1 Å². The minimum absolute atomic E-state index is 0.280. The van der Waals surface area contributed by atoms with Crippen LogP contribution in [0.15, 0.2) is 59.5 Å². The topological polar surface area (TPSA) is 83.7 Å². The van der Waals surface area contributed by atoms with Crippen LogP contribution in [0.5, 0.6) is 5.88 Å². The number of carbonyl (C=O) groups excluding carboxylic acids is 1. The second-order valence-electron chi connectivity index (χ2n) is 5.15. The van der Waals surface area contributed by atoms with E-state index in [0.717, 1.165) is 5.56 Å². The highest BCUT2D eigenvalue weighted by Crippen LogP contribution is 2.16. The highest BCUT2D eigenvalue weighted by Gasteiger charge is 2.21. The molecule has 0 spiro atoms. The van der Waals surface area contributed by atoms with Crippen molar-refractivity contribution in [3.05, 3.63) is 76.2 Å². The number of aromatic hydroxyl groups is 1. The number of nitrogens with one attached hydrogen (secondary N) is 1. The van der Waals surface area contributed by atoms with Crippen LogP contribution in [0.25, 0.3) is 5.65 Å². The Labute approximate surface area is 132 Å². The molecule has 6 nitrogen and oxygen atoms in total. The molecule has 0 radical (unpaired) electrons. The quantitative estimate of drug-likeness (QED) is 0.774. The minimum Gasteiger partial charge on any atom is -0.493 e. The number of nitrogens with zero attached hydrogens (tertiary/aromatic N) is 2. The standard InChI is InChI=1S/C17H15N3O3/c1-11(12-7-3-2-4-8-12)18-15(21)14-16(22)19-13-9-5-6-10-20(13)17(14)23/h2-11,23H,1H3,(H,18,21)/t11-/m1/s1. The van der Waals surface area contributed by atoms with Gasteiger partial charge in [-0.25, -0.2) is 0 Å². The number of fused-ring (bicyclic) bond motifs is 1. The molecule has 1 aromatic carbocycles. The summed E-state index contributed by atoms with van der Waals surface area (Å²) < 4.78 is 1.30. The van der Waals surface area contributed by atoms with Gasteiger partial charge in [-0.1, -0.05) is 36.4 Å². The lowest BCUT2D eigenvalue weighted by molar-refractivity contribution is 0.0934. The van der Waals surface area contributed by atoms with Crippen molar-refractivity contribution in [1.82, 2.24) is 14.7 Å². The predicted molar refractivity (Wildman–Crippen MR) is 85.5 cm³/mol. The van der Waals surface area contributed by atoms with E-state index in [-0.39, 0.29) is 17.3 Å². The maximum absolute atomic E-state index is 12.4. The zero-order valence-electron chi connectivity index (χ0n) is 12.4. The van der Waals surface area contributed by atoms with E-state index in [0.29, 0.717) is 0 Å². The first kappa shape index (κ1) is 14.8. The molecule has 3 aromatic rings. The van der Waals surface area contributed by atoms with Gasteiger partial charge in [0, 0.05) is 6.20 Å². The van der Waals surface area contributed by atoms with Gasteiger partial charge in [-0.3, -0.25) is 14.0 Å². The van der Waals surface area contributed by atoms with Crippen molar-refractivity contribution in [2.24, 2.45) is 0 Å². The monoisotopic (exact) mass is 309 g/mol. The van der Waals surface area contributed by atoms with Crippen LogP contribution in [-0.2, 0) is 0 Å². The number of hydrogen-bond acceptors (Lipinski definition) is 4. The second-order valence-corrected chi connectivity index (χ2v) is 5.15. The third-order valence-corrected chi connectivity index (χ3v) is 3.59. The third kappa shape index (κ3) is 2.78. The molecule has 2 heterocycles. The highest BCUT2D eigenvalue weighted by molar-refractivity contribution is 5.96. The largest absolute Gasteiger partial charge is 0.493 e. The Kier molecular flexibility index (Phi) is 3.80. The van der Waals surface area contributed by atoms with Gasteiger partial charge in [-0.05, 0) is 24.6 Å². The van der Waals surface area contributed by atoms with Gasteiger partial charge in [0.05, 0.1) is 6.04 Å². The molecule has 0 unspecified atom stereocenters. The van der Waals surface area contributed by atoms with Crippen LogP contribution in [0.3, 0.4) is 0 Å². The van der Waals surface area contributed by atoms with Crippen molar-refractivity contribution in [2.75, 3.05) is 0 Å². The van der Waals surface area contributed by atoms with Crippen molar-refractivity contribution < 1.29 is 9.90 Å². The summed E-state index contributed by atoms with van der Waals surface area (Å²) in [5, 5.41) is 13.0. The summed E-state index contributed by atoms with van der Waals surface area (Å²) in [6.45, 7) is 1.80. The molecule has 3 rings (SSSR count). The Balaban J connectivity index is 1.97. The van der Waals surface area contributed by atoms with Crippen LogP contribution in [0.2, 0.25) is 0 Å². The number of pyridine rings is 1. The number of hydrogen-bond donors (Lipinski definition) is 2. The molecule has 116 valence electrons. The summed E-state index contributed by atoms with van der Waals surface area (Å²) in [5.74, 6) is -1.08. The van der Waals surface area contributed by atoms with Crippen LogP contribution >= 0.6 is 0 Å². The maximum Gasteiger partial charge on any atom is 0.290 e. The Morgan fingerprint density at radius 2 is 1.87 bits per heavy atom. The molecule has 0 bridgehead atoms. The highest BCUT2D eigenvalue weighted by atomic mass is 16.3. The van der Waals surface area contributed by atoms with E-state index in [1.165, 1.54) is 10.6 Å². The minimum atomic E-state index is -0.758. The van der Waals surface area contributed by atoms with Gasteiger partial charge in [-0.2, -0.15) is 4.98 Å². The molecule has 2 aromatic heterocycles. The zero-order chi connectivity index (χ0) is 16.4. The summed E-state index contributed by atoms with van der Waals surface area (Å²) in [6, 6.07) is 14.0. The molecule has 0 saturated carbocycles. The molecule has 2 N–H and O–H groups in total. The van der Waals surface area contributed by atoms with Crippen molar-refractivity contribution in [3.8, 4) is 5.88 Å². The fraction of sp³-hybridized carbons (Fsp3) is 0.118. The average Bonchev–Trinajstić information content (AvgIpc) is 2.55. The van der Waals surface area contributed by atoms with E-state index in [2.05, 4.69) is 10.3 Å². The molecule has 6 heteroatoms. The summed E-state index contributed by atoms with van der Waals surface area (Å²) in [5.41, 5.74) is 0.0554. The summed E-state index contributed by atoms with van der Waals surface area (Å²) in [7, 11) is 0. The number of amides is 1. The molecular weight excluding hydrogens is 294 g/mol. The van der Waals surface area contributed by atoms with Gasteiger partial charge in [0.2, 0.25) is 5.88 Å². The Bertz CT molecular complexity index is 919. The molecule has 0 fully saturated rings. The Morgan fingerprint density at radius 1 is 1.17 bits per heavy atom. The van der Waals surface area contributed by atoms with Gasteiger partial charge in [0.25, 0.3) is 11.5 Å². The Hall–Kier alpha value is -3.15. The van der Waals surface area contributed by atoms with Crippen molar-refractivity contribution >= 4 is 11.6 Å². The summed E-state index contributed by atoms with van der Waals surface area (Å²) >= 11 is 0. The number of benzene rings is 1. The SMILES string of the molecule is C[C@@H](NC(=O)c1c(O)n2ccccc2nc1=O)c1ccccc1. The third-order valence-electron chi connectivity index (χ3n) is 3.59. The Morgan fingerprint density at radius 3 is 2.61 bits per heavy atom. The maximum atomic E-state index is 12.4. The molecular formula is C17H15N3O3. The van der Waals surface area contributed by atoms with Crippen LogP contribution < -0.4 is 10.9 Å². The van der Waals surface area contributed by atoms with Crippen LogP contribution in [-0.4, -0.2) is 20.4 Å². The second kappa shape index (κ2) is 5.92.